The second kappa shape index (κ2) is 11.1. The lowest BCUT2D eigenvalue weighted by Crippen LogP contribution is -2.49. The standard InChI is InChI=1S/C36H35N3O2/c1-23-17-21-27(22-18-23)33-32(30-15-9-10-16-31(30)38-33)34-28-13-7-8-14-29(28)36(41)39(34)25(3)35(40)37-24(2)19-20-26-11-5-4-6-12-26/h4-18,21-22,24-25,34,38H,19-20H2,1-3H3,(H,37,40). The first-order chi connectivity index (χ1) is 19.9. The van der Waals surface area contributed by atoms with Crippen molar-refractivity contribution in [1.29, 1.82) is 0 Å². The van der Waals surface area contributed by atoms with Crippen LogP contribution in [0.25, 0.3) is 22.2 Å². The van der Waals surface area contributed by atoms with Crippen LogP contribution in [0.5, 0.6) is 0 Å². The Balaban J connectivity index is 1.37. The molecule has 0 saturated carbocycles. The average molecular weight is 542 g/mol. The van der Waals surface area contributed by atoms with Crippen molar-refractivity contribution in [2.45, 2.75) is 51.7 Å². The molecule has 2 heterocycles. The molecule has 0 aliphatic carbocycles. The van der Waals surface area contributed by atoms with Crippen LogP contribution in [0.3, 0.4) is 0 Å². The molecule has 1 aliphatic rings. The lowest BCUT2D eigenvalue weighted by molar-refractivity contribution is -0.126. The number of nitrogens with one attached hydrogen (secondary N) is 2. The Bertz CT molecular complexity index is 1700. The van der Waals surface area contributed by atoms with Crippen molar-refractivity contribution >= 4 is 22.7 Å². The summed E-state index contributed by atoms with van der Waals surface area (Å²) < 4.78 is 0. The Kier molecular flexibility index (Phi) is 7.19. The number of carbonyl (C=O) groups is 2. The Morgan fingerprint density at radius 2 is 1.56 bits per heavy atom. The predicted molar refractivity (Wildman–Crippen MR) is 165 cm³/mol. The SMILES string of the molecule is Cc1ccc(-c2[nH]c3ccccc3c2C2c3ccccc3C(=O)N2C(C)C(=O)NC(C)CCc2ccccc2)cc1. The Hall–Kier alpha value is -4.64. The van der Waals surface area contributed by atoms with Crippen LogP contribution in [0, 0.1) is 6.92 Å². The zero-order valence-electron chi connectivity index (χ0n) is 23.7. The number of aromatic amines is 1. The highest BCUT2D eigenvalue weighted by molar-refractivity contribution is 6.04. The van der Waals surface area contributed by atoms with Crippen molar-refractivity contribution < 1.29 is 9.59 Å². The van der Waals surface area contributed by atoms with Gasteiger partial charge in [-0.2, -0.15) is 0 Å². The normalized spacial score (nSPS) is 16.0. The molecular weight excluding hydrogens is 506 g/mol. The molecule has 0 radical (unpaired) electrons. The van der Waals surface area contributed by atoms with E-state index in [9.17, 15) is 9.59 Å². The van der Waals surface area contributed by atoms with Crippen molar-refractivity contribution in [2.24, 2.45) is 0 Å². The number of hydrogen-bond acceptors (Lipinski definition) is 2. The van der Waals surface area contributed by atoms with Gasteiger partial charge in [-0.15, -0.1) is 0 Å². The van der Waals surface area contributed by atoms with Crippen molar-refractivity contribution in [3.05, 3.63) is 131 Å². The number of nitrogens with zero attached hydrogens (tertiary/aromatic N) is 1. The molecule has 5 aromatic rings. The molecule has 2 amide bonds. The molecule has 3 atom stereocenters. The van der Waals surface area contributed by atoms with Crippen LogP contribution in [0.4, 0.5) is 0 Å². The van der Waals surface area contributed by atoms with Gasteiger partial charge in [0.2, 0.25) is 5.91 Å². The average Bonchev–Trinajstić information content (AvgIpc) is 3.51. The van der Waals surface area contributed by atoms with Crippen molar-refractivity contribution in [2.75, 3.05) is 0 Å². The molecule has 41 heavy (non-hydrogen) atoms. The summed E-state index contributed by atoms with van der Waals surface area (Å²) in [7, 11) is 0. The van der Waals surface area contributed by atoms with Crippen LogP contribution in [0.15, 0.2) is 103 Å². The zero-order valence-corrected chi connectivity index (χ0v) is 23.7. The van der Waals surface area contributed by atoms with E-state index in [0.717, 1.165) is 46.1 Å². The molecule has 0 saturated heterocycles. The molecule has 0 spiro atoms. The fourth-order valence-electron chi connectivity index (χ4n) is 6.02. The summed E-state index contributed by atoms with van der Waals surface area (Å²) >= 11 is 0. The Morgan fingerprint density at radius 3 is 2.34 bits per heavy atom. The maximum Gasteiger partial charge on any atom is 0.255 e. The number of para-hydroxylation sites is 1. The van der Waals surface area contributed by atoms with E-state index in [1.165, 1.54) is 11.1 Å². The van der Waals surface area contributed by atoms with Gasteiger partial charge in [-0.3, -0.25) is 9.59 Å². The molecule has 6 rings (SSSR count). The van der Waals surface area contributed by atoms with Gasteiger partial charge >= 0.3 is 0 Å². The Labute approximate surface area is 241 Å². The molecule has 4 aromatic carbocycles. The van der Waals surface area contributed by atoms with E-state index in [0.29, 0.717) is 5.56 Å². The fourth-order valence-corrected chi connectivity index (χ4v) is 6.02. The third kappa shape index (κ3) is 5.04. The first kappa shape index (κ1) is 26.6. The summed E-state index contributed by atoms with van der Waals surface area (Å²) in [6, 6.07) is 33.6. The topological polar surface area (TPSA) is 65.2 Å². The fraction of sp³-hybridized carbons (Fsp3) is 0.222. The summed E-state index contributed by atoms with van der Waals surface area (Å²) in [5.41, 5.74) is 8.03. The van der Waals surface area contributed by atoms with Crippen LogP contribution < -0.4 is 5.32 Å². The van der Waals surface area contributed by atoms with Gasteiger partial charge in [0.25, 0.3) is 5.91 Å². The van der Waals surface area contributed by atoms with E-state index in [1.54, 1.807) is 4.90 Å². The van der Waals surface area contributed by atoms with Crippen LogP contribution in [-0.2, 0) is 11.2 Å². The smallest absolute Gasteiger partial charge is 0.255 e. The van der Waals surface area contributed by atoms with Gasteiger partial charge in [0, 0.05) is 28.1 Å². The van der Waals surface area contributed by atoms with Gasteiger partial charge in [0.15, 0.2) is 0 Å². The molecule has 1 aliphatic heterocycles. The first-order valence-electron chi connectivity index (χ1n) is 14.4. The van der Waals surface area contributed by atoms with Gasteiger partial charge < -0.3 is 15.2 Å². The number of fused-ring (bicyclic) bond motifs is 2. The summed E-state index contributed by atoms with van der Waals surface area (Å²) in [5, 5.41) is 4.24. The van der Waals surface area contributed by atoms with E-state index in [1.807, 2.05) is 68.4 Å². The van der Waals surface area contributed by atoms with E-state index < -0.39 is 12.1 Å². The Morgan fingerprint density at radius 1 is 0.878 bits per heavy atom. The van der Waals surface area contributed by atoms with Gasteiger partial charge in [-0.1, -0.05) is 96.6 Å². The van der Waals surface area contributed by atoms with Crippen molar-refractivity contribution in [3.63, 3.8) is 0 Å². The summed E-state index contributed by atoms with van der Waals surface area (Å²) in [4.78, 5) is 33.1. The minimum absolute atomic E-state index is 0.0279. The van der Waals surface area contributed by atoms with Gasteiger partial charge in [0.1, 0.15) is 6.04 Å². The van der Waals surface area contributed by atoms with Crippen LogP contribution in [-0.4, -0.2) is 33.8 Å². The predicted octanol–water partition coefficient (Wildman–Crippen LogP) is 7.21. The van der Waals surface area contributed by atoms with Crippen LogP contribution >= 0.6 is 0 Å². The molecule has 2 N–H and O–H groups in total. The number of H-pyrrole nitrogens is 1. The van der Waals surface area contributed by atoms with Gasteiger partial charge in [0.05, 0.1) is 11.7 Å². The molecule has 206 valence electrons. The molecule has 5 nitrogen and oxygen atoms in total. The second-order valence-electron chi connectivity index (χ2n) is 11.1. The first-order valence-corrected chi connectivity index (χ1v) is 14.4. The molecule has 5 heteroatoms. The molecule has 0 fully saturated rings. The second-order valence-corrected chi connectivity index (χ2v) is 11.1. The third-order valence-corrected chi connectivity index (χ3v) is 8.25. The number of benzene rings is 4. The number of carbonyl (C=O) groups excluding carboxylic acids is 2. The molecule has 1 aromatic heterocycles. The van der Waals surface area contributed by atoms with E-state index in [-0.39, 0.29) is 17.9 Å². The monoisotopic (exact) mass is 541 g/mol. The number of aryl methyl sites for hydroxylation is 2. The van der Waals surface area contributed by atoms with Crippen LogP contribution in [0.2, 0.25) is 0 Å². The highest BCUT2D eigenvalue weighted by Gasteiger charge is 2.44. The molecular formula is C36H35N3O2. The highest BCUT2D eigenvalue weighted by atomic mass is 16.2. The number of aromatic nitrogens is 1. The van der Waals surface area contributed by atoms with Gasteiger partial charge in [-0.25, -0.2) is 0 Å². The largest absolute Gasteiger partial charge is 0.354 e. The molecule has 3 unspecified atom stereocenters. The zero-order chi connectivity index (χ0) is 28.5. The maximum atomic E-state index is 14.0. The number of rotatable bonds is 8. The van der Waals surface area contributed by atoms with Gasteiger partial charge in [-0.05, 0) is 62.4 Å². The third-order valence-electron chi connectivity index (χ3n) is 8.25. The van der Waals surface area contributed by atoms with Crippen molar-refractivity contribution in [1.82, 2.24) is 15.2 Å². The minimum atomic E-state index is -0.668. The van der Waals surface area contributed by atoms with E-state index in [2.05, 4.69) is 65.8 Å². The summed E-state index contributed by atoms with van der Waals surface area (Å²) in [6.45, 7) is 5.95. The minimum Gasteiger partial charge on any atom is -0.354 e. The lowest BCUT2D eigenvalue weighted by atomic mass is 9.92. The number of amides is 2. The van der Waals surface area contributed by atoms with E-state index >= 15 is 0 Å². The summed E-state index contributed by atoms with van der Waals surface area (Å²) in [5.74, 6) is -0.265. The van der Waals surface area contributed by atoms with Crippen molar-refractivity contribution in [3.8, 4) is 11.3 Å². The maximum absolute atomic E-state index is 14.0. The number of hydrogen-bond donors (Lipinski definition) is 2. The van der Waals surface area contributed by atoms with Crippen LogP contribution in [0.1, 0.15) is 58.9 Å². The lowest BCUT2D eigenvalue weighted by Gasteiger charge is -2.32. The summed E-state index contributed by atoms with van der Waals surface area (Å²) in [6.07, 6.45) is 1.70. The highest BCUT2D eigenvalue weighted by Crippen LogP contribution is 2.46. The van der Waals surface area contributed by atoms with E-state index in [4.69, 9.17) is 0 Å². The molecule has 0 bridgehead atoms. The quantitative estimate of drug-likeness (QED) is 0.218.